The van der Waals surface area contributed by atoms with E-state index in [2.05, 4.69) is 9.97 Å². The highest BCUT2D eigenvalue weighted by Crippen LogP contribution is 2.29. The molecule has 20 heavy (non-hydrogen) atoms. The van der Waals surface area contributed by atoms with Crippen molar-refractivity contribution in [1.29, 1.82) is 0 Å². The van der Waals surface area contributed by atoms with Crippen LogP contribution in [0.2, 0.25) is 0 Å². The maximum absolute atomic E-state index is 12.1. The second-order valence-electron chi connectivity index (χ2n) is 4.59. The maximum atomic E-state index is 12.1. The van der Waals surface area contributed by atoms with Crippen LogP contribution >= 0.6 is 11.3 Å². The molecule has 0 aliphatic carbocycles. The molecular weight excluding hydrogens is 283 g/mol. The van der Waals surface area contributed by atoms with E-state index in [4.69, 9.17) is 15.1 Å². The summed E-state index contributed by atoms with van der Waals surface area (Å²) in [6, 6.07) is 0. The summed E-state index contributed by atoms with van der Waals surface area (Å²) in [5, 5.41) is 0. The number of hydrogen-bond donors (Lipinski definition) is 2. The summed E-state index contributed by atoms with van der Waals surface area (Å²) < 4.78 is 12.5. The van der Waals surface area contributed by atoms with Crippen molar-refractivity contribution in [2.24, 2.45) is 0 Å². The van der Waals surface area contributed by atoms with E-state index in [9.17, 15) is 9.59 Å². The lowest BCUT2D eigenvalue weighted by atomic mass is 10.2. The fraction of sp³-hybridized carbons (Fsp3) is 0.500. The minimum atomic E-state index is -0.426. The summed E-state index contributed by atoms with van der Waals surface area (Å²) in [5.41, 5.74) is 5.42. The molecule has 10 heteroatoms. The smallest absolute Gasteiger partial charge is 0.311 e. The van der Waals surface area contributed by atoms with Gasteiger partial charge in [-0.3, -0.25) is 19.1 Å². The number of ether oxygens (including phenoxy) is 1. The van der Waals surface area contributed by atoms with E-state index in [1.54, 1.807) is 8.05 Å². The number of nitrogen functional groups attached to an aromatic ring is 1. The van der Waals surface area contributed by atoms with E-state index >= 15 is 0 Å². The van der Waals surface area contributed by atoms with Gasteiger partial charge in [-0.15, -0.1) is 0 Å². The lowest BCUT2D eigenvalue weighted by molar-refractivity contribution is -0.0154. The first kappa shape index (κ1) is 13.3. The normalized spacial score (nSPS) is 22.6. The molecule has 0 spiro atoms. The molecule has 1 fully saturated rings. The molecule has 0 saturated carbocycles. The number of nitrogens with two attached hydrogens (primary N) is 1. The van der Waals surface area contributed by atoms with Gasteiger partial charge in [0.1, 0.15) is 10.9 Å². The summed E-state index contributed by atoms with van der Waals surface area (Å²) in [7, 11) is 1.60. The summed E-state index contributed by atoms with van der Waals surface area (Å²) >= 11 is 0.850. The van der Waals surface area contributed by atoms with Gasteiger partial charge in [0, 0.05) is 0 Å². The van der Waals surface area contributed by atoms with Crippen LogP contribution in [0.3, 0.4) is 0 Å². The number of thiazole rings is 1. The summed E-state index contributed by atoms with van der Waals surface area (Å²) in [5.74, 6) is -0.0134. The van der Waals surface area contributed by atoms with Crippen LogP contribution in [0.25, 0.3) is 10.3 Å². The van der Waals surface area contributed by atoms with Gasteiger partial charge in [0.25, 0.3) is 13.6 Å². The standard InChI is InChI=1S/C10H13BN4O4S/c11-18-3-4-1-2-5(19-4)15-7-6(20-10(15)17)8(16)14-9(12)13-7/h4-5H,1-3,11H2,(H3,12,13,14,16). The van der Waals surface area contributed by atoms with Crippen molar-refractivity contribution in [1.82, 2.24) is 14.5 Å². The van der Waals surface area contributed by atoms with E-state index in [-0.39, 0.29) is 27.3 Å². The number of nitrogens with zero attached hydrogens (tertiary/aromatic N) is 2. The van der Waals surface area contributed by atoms with Crippen molar-refractivity contribution in [2.75, 3.05) is 12.3 Å². The Labute approximate surface area is 118 Å². The molecule has 2 unspecified atom stereocenters. The van der Waals surface area contributed by atoms with E-state index in [1.165, 1.54) is 4.57 Å². The molecule has 2 atom stereocenters. The highest BCUT2D eigenvalue weighted by atomic mass is 32.1. The Morgan fingerprint density at radius 2 is 2.35 bits per heavy atom. The van der Waals surface area contributed by atoms with Gasteiger partial charge < -0.3 is 15.1 Å². The molecule has 0 aromatic carbocycles. The molecule has 3 N–H and O–H groups in total. The predicted octanol–water partition coefficient (Wildman–Crippen LogP) is -1.03. The number of anilines is 1. The van der Waals surface area contributed by atoms with Gasteiger partial charge in [0.05, 0.1) is 12.7 Å². The van der Waals surface area contributed by atoms with Gasteiger partial charge in [-0.1, -0.05) is 11.3 Å². The summed E-state index contributed by atoms with van der Waals surface area (Å²) in [6.07, 6.45) is 0.992. The van der Waals surface area contributed by atoms with Crippen LogP contribution in [0.5, 0.6) is 0 Å². The molecule has 1 aliphatic heterocycles. The number of aromatic amines is 1. The quantitative estimate of drug-likeness (QED) is 0.700. The fourth-order valence-corrected chi connectivity index (χ4v) is 3.24. The third-order valence-corrected chi connectivity index (χ3v) is 4.16. The molecule has 3 heterocycles. The molecule has 8 nitrogen and oxygen atoms in total. The largest absolute Gasteiger partial charge is 0.441 e. The number of H-pyrrole nitrogens is 1. The minimum absolute atomic E-state index is 0.0134. The van der Waals surface area contributed by atoms with E-state index in [0.29, 0.717) is 13.0 Å². The molecule has 0 amide bonds. The molecule has 3 rings (SSSR count). The van der Waals surface area contributed by atoms with Gasteiger partial charge in [0.15, 0.2) is 5.65 Å². The first-order chi connectivity index (χ1) is 9.60. The monoisotopic (exact) mass is 296 g/mol. The topological polar surface area (TPSA) is 112 Å². The third kappa shape index (κ3) is 2.15. The number of fused-ring (bicyclic) bond motifs is 1. The number of nitrogens with one attached hydrogen (secondary N) is 1. The number of hydrogen-bond acceptors (Lipinski definition) is 7. The SMILES string of the molecule is BOCC1CCC(n2c(=O)sc3c(=O)[nH]c(N)nc32)O1. The van der Waals surface area contributed by atoms with Crippen molar-refractivity contribution >= 4 is 35.7 Å². The van der Waals surface area contributed by atoms with Crippen LogP contribution in [0, 0.1) is 0 Å². The minimum Gasteiger partial charge on any atom is -0.441 e. The van der Waals surface area contributed by atoms with Crippen molar-refractivity contribution < 1.29 is 9.39 Å². The van der Waals surface area contributed by atoms with Crippen LogP contribution in [0.15, 0.2) is 9.59 Å². The highest BCUT2D eigenvalue weighted by molar-refractivity contribution is 7.16. The second-order valence-corrected chi connectivity index (χ2v) is 5.55. The Kier molecular flexibility index (Phi) is 3.36. The molecular formula is C10H13BN4O4S. The first-order valence-electron chi connectivity index (χ1n) is 6.15. The second kappa shape index (κ2) is 5.04. The van der Waals surface area contributed by atoms with Gasteiger partial charge in [-0.05, 0) is 12.8 Å². The van der Waals surface area contributed by atoms with Gasteiger partial charge >= 0.3 is 4.87 Å². The first-order valence-corrected chi connectivity index (χ1v) is 6.97. The van der Waals surface area contributed by atoms with E-state index < -0.39 is 11.8 Å². The van der Waals surface area contributed by atoms with Crippen molar-refractivity contribution in [3.63, 3.8) is 0 Å². The average molecular weight is 296 g/mol. The van der Waals surface area contributed by atoms with Gasteiger partial charge in [-0.2, -0.15) is 4.98 Å². The third-order valence-electron chi connectivity index (χ3n) is 3.22. The van der Waals surface area contributed by atoms with Crippen molar-refractivity contribution in [2.45, 2.75) is 25.2 Å². The molecule has 2 aromatic rings. The molecule has 0 bridgehead atoms. The van der Waals surface area contributed by atoms with Crippen LogP contribution in [-0.4, -0.2) is 35.3 Å². The van der Waals surface area contributed by atoms with Crippen LogP contribution in [0.1, 0.15) is 19.1 Å². The van der Waals surface area contributed by atoms with E-state index in [0.717, 1.165) is 17.8 Å². The lowest BCUT2D eigenvalue weighted by Gasteiger charge is -2.14. The van der Waals surface area contributed by atoms with E-state index in [1.807, 2.05) is 0 Å². The Morgan fingerprint density at radius 1 is 1.55 bits per heavy atom. The molecule has 2 aromatic heterocycles. The van der Waals surface area contributed by atoms with Gasteiger partial charge in [-0.25, -0.2) is 0 Å². The van der Waals surface area contributed by atoms with Crippen LogP contribution in [0.4, 0.5) is 5.95 Å². The Bertz CT molecular complexity index is 754. The maximum Gasteiger partial charge on any atom is 0.311 e. The predicted molar refractivity (Wildman–Crippen MR) is 76.6 cm³/mol. The zero-order chi connectivity index (χ0) is 14.3. The number of rotatable bonds is 3. The molecule has 1 saturated heterocycles. The van der Waals surface area contributed by atoms with Gasteiger partial charge in [0.2, 0.25) is 5.95 Å². The number of aromatic nitrogens is 3. The van der Waals surface area contributed by atoms with Crippen molar-refractivity contribution in [3.05, 3.63) is 20.0 Å². The molecule has 1 aliphatic rings. The van der Waals surface area contributed by atoms with Crippen LogP contribution in [-0.2, 0) is 9.39 Å². The summed E-state index contributed by atoms with van der Waals surface area (Å²) in [4.78, 5) is 30.0. The zero-order valence-electron chi connectivity index (χ0n) is 10.8. The molecule has 106 valence electrons. The zero-order valence-corrected chi connectivity index (χ0v) is 11.6. The average Bonchev–Trinajstić information content (AvgIpc) is 2.94. The Hall–Kier alpha value is -1.65. The lowest BCUT2D eigenvalue weighted by Crippen LogP contribution is -2.22. The highest BCUT2D eigenvalue weighted by Gasteiger charge is 2.29. The fourth-order valence-electron chi connectivity index (χ4n) is 2.38. The van der Waals surface area contributed by atoms with Crippen LogP contribution < -0.4 is 16.2 Å². The molecule has 0 radical (unpaired) electrons. The Morgan fingerprint density at radius 3 is 3.10 bits per heavy atom. The summed E-state index contributed by atoms with van der Waals surface area (Å²) in [6.45, 7) is 0.476. The van der Waals surface area contributed by atoms with Crippen molar-refractivity contribution in [3.8, 4) is 0 Å². The Balaban J connectivity index is 2.06.